The summed E-state index contributed by atoms with van der Waals surface area (Å²) in [6.45, 7) is 0.229. The lowest BCUT2D eigenvalue weighted by atomic mass is 10.2. The van der Waals surface area contributed by atoms with E-state index in [1.807, 2.05) is 0 Å². The molecule has 0 fully saturated rings. The van der Waals surface area contributed by atoms with Gasteiger partial charge in [-0.3, -0.25) is 4.79 Å². The van der Waals surface area contributed by atoms with Crippen LogP contribution >= 0.6 is 22.9 Å². The molecule has 0 radical (unpaired) electrons. The Labute approximate surface area is 142 Å². The maximum atomic E-state index is 12.7. The number of hydrogen-bond donors (Lipinski definition) is 1. The Morgan fingerprint density at radius 3 is 2.62 bits per heavy atom. The predicted octanol–water partition coefficient (Wildman–Crippen LogP) is 2.83. The zero-order chi connectivity index (χ0) is 17.3. The Balaban J connectivity index is 1.63. The van der Waals surface area contributed by atoms with Gasteiger partial charge in [-0.05, 0) is 24.3 Å². The van der Waals surface area contributed by atoms with Gasteiger partial charge in [0, 0.05) is 23.6 Å². The van der Waals surface area contributed by atoms with Crippen LogP contribution in [0.5, 0.6) is 0 Å². The van der Waals surface area contributed by atoms with E-state index in [9.17, 15) is 18.0 Å². The highest BCUT2D eigenvalue weighted by Crippen LogP contribution is 2.28. The fraction of sp³-hybridized carbons (Fsp3) is 0.231. The third-order valence-corrected chi connectivity index (χ3v) is 4.23. The quantitative estimate of drug-likeness (QED) is 0.761. The van der Waals surface area contributed by atoms with E-state index in [0.29, 0.717) is 20.1 Å². The van der Waals surface area contributed by atoms with Crippen LogP contribution in [0.25, 0.3) is 4.96 Å². The fourth-order valence-electron chi connectivity index (χ4n) is 1.92. The van der Waals surface area contributed by atoms with E-state index in [0.717, 1.165) is 11.3 Å². The van der Waals surface area contributed by atoms with Crippen LogP contribution in [-0.2, 0) is 12.6 Å². The maximum Gasteiger partial charge on any atom is 0.453 e. The minimum atomic E-state index is -4.62. The molecule has 0 aliphatic rings. The molecule has 0 aliphatic heterocycles. The monoisotopic (exact) mass is 375 g/mol. The first kappa shape index (κ1) is 16.7. The van der Waals surface area contributed by atoms with Gasteiger partial charge in [-0.25, -0.2) is 0 Å². The van der Waals surface area contributed by atoms with E-state index in [-0.39, 0.29) is 23.8 Å². The van der Waals surface area contributed by atoms with Crippen molar-refractivity contribution in [2.24, 2.45) is 0 Å². The van der Waals surface area contributed by atoms with Crippen molar-refractivity contribution in [1.29, 1.82) is 0 Å². The Morgan fingerprint density at radius 2 is 1.96 bits per heavy atom. The van der Waals surface area contributed by atoms with Crippen LogP contribution in [0.3, 0.4) is 0 Å². The first-order valence-electron chi connectivity index (χ1n) is 6.66. The van der Waals surface area contributed by atoms with Crippen LogP contribution in [0, 0.1) is 0 Å². The summed E-state index contributed by atoms with van der Waals surface area (Å²) in [6.07, 6.45) is -4.34. The molecule has 1 N–H and O–H groups in total. The number of amides is 1. The lowest BCUT2D eigenvalue weighted by molar-refractivity contribution is -0.146. The Kier molecular flexibility index (Phi) is 4.41. The molecule has 6 nitrogen and oxygen atoms in total. The molecule has 0 atom stereocenters. The van der Waals surface area contributed by atoms with E-state index in [2.05, 4.69) is 20.6 Å². The molecule has 0 spiro atoms. The van der Waals surface area contributed by atoms with Crippen molar-refractivity contribution >= 4 is 33.8 Å². The minimum absolute atomic E-state index is 0.0568. The molecule has 0 unspecified atom stereocenters. The van der Waals surface area contributed by atoms with Crippen LogP contribution in [0.1, 0.15) is 21.2 Å². The van der Waals surface area contributed by atoms with Crippen molar-refractivity contribution in [1.82, 2.24) is 25.1 Å². The second-order valence-electron chi connectivity index (χ2n) is 4.72. The number of carbonyl (C=O) groups excluding carboxylic acids is 1. The van der Waals surface area contributed by atoms with Gasteiger partial charge >= 0.3 is 6.18 Å². The number of fused-ring (bicyclic) bond motifs is 1. The average molecular weight is 376 g/mol. The molecule has 24 heavy (non-hydrogen) atoms. The highest BCUT2D eigenvalue weighted by atomic mass is 35.5. The van der Waals surface area contributed by atoms with E-state index in [1.54, 1.807) is 24.3 Å². The SMILES string of the molecule is O=C(NCCc1nn2c(C(F)(F)F)nnc2s1)c1ccc(Cl)cc1. The van der Waals surface area contributed by atoms with Crippen molar-refractivity contribution in [3.63, 3.8) is 0 Å². The van der Waals surface area contributed by atoms with E-state index < -0.39 is 12.0 Å². The Bertz CT molecular complexity index is 874. The number of nitrogens with one attached hydrogen (secondary N) is 1. The molecule has 0 bridgehead atoms. The summed E-state index contributed by atoms with van der Waals surface area (Å²) in [7, 11) is 0. The number of benzene rings is 1. The number of hydrogen-bond acceptors (Lipinski definition) is 5. The zero-order valence-corrected chi connectivity index (χ0v) is 13.4. The summed E-state index contributed by atoms with van der Waals surface area (Å²) in [5, 5.41) is 14.0. The zero-order valence-electron chi connectivity index (χ0n) is 11.8. The van der Waals surface area contributed by atoms with Crippen molar-refractivity contribution < 1.29 is 18.0 Å². The van der Waals surface area contributed by atoms with E-state index in [4.69, 9.17) is 11.6 Å². The second kappa shape index (κ2) is 6.36. The lowest BCUT2D eigenvalue weighted by Crippen LogP contribution is -2.25. The van der Waals surface area contributed by atoms with Crippen molar-refractivity contribution in [2.75, 3.05) is 6.54 Å². The summed E-state index contributed by atoms with van der Waals surface area (Å²) in [5.74, 6) is -1.46. The van der Waals surface area contributed by atoms with Crippen LogP contribution < -0.4 is 5.32 Å². The molecule has 0 aliphatic carbocycles. The number of alkyl halides is 3. The Morgan fingerprint density at radius 1 is 1.25 bits per heavy atom. The van der Waals surface area contributed by atoms with Gasteiger partial charge in [0.25, 0.3) is 11.7 Å². The summed E-state index contributed by atoms with van der Waals surface area (Å²) in [4.78, 5) is 12.0. The molecule has 3 aromatic rings. The summed E-state index contributed by atoms with van der Waals surface area (Å²) in [6, 6.07) is 6.35. The normalized spacial score (nSPS) is 11.8. The van der Waals surface area contributed by atoms with Crippen molar-refractivity contribution in [3.8, 4) is 0 Å². The standard InChI is InChI=1S/C13H9ClF3N5OS/c14-8-3-1-7(2-4-8)10(23)18-6-5-9-21-22-11(13(15,16)17)19-20-12(22)24-9/h1-4H,5-6H2,(H,18,23). The molecular formula is C13H9ClF3N5OS. The first-order valence-corrected chi connectivity index (χ1v) is 7.86. The predicted molar refractivity (Wildman–Crippen MR) is 81.2 cm³/mol. The molecule has 3 rings (SSSR count). The van der Waals surface area contributed by atoms with Crippen LogP contribution in [0.2, 0.25) is 5.02 Å². The number of carbonyl (C=O) groups is 1. The molecule has 1 amide bonds. The maximum absolute atomic E-state index is 12.7. The van der Waals surface area contributed by atoms with E-state index >= 15 is 0 Å². The largest absolute Gasteiger partial charge is 0.453 e. The van der Waals surface area contributed by atoms with Gasteiger partial charge in [0.1, 0.15) is 5.01 Å². The third kappa shape index (κ3) is 3.49. The number of rotatable bonds is 4. The van der Waals surface area contributed by atoms with Crippen molar-refractivity contribution in [3.05, 3.63) is 45.7 Å². The molecule has 2 heterocycles. The van der Waals surface area contributed by atoms with Gasteiger partial charge in [-0.1, -0.05) is 22.9 Å². The molecule has 0 saturated heterocycles. The smallest absolute Gasteiger partial charge is 0.352 e. The van der Waals surface area contributed by atoms with Crippen LogP contribution in [-0.4, -0.2) is 32.3 Å². The van der Waals surface area contributed by atoms with Gasteiger partial charge in [0.15, 0.2) is 0 Å². The number of nitrogens with zero attached hydrogens (tertiary/aromatic N) is 4. The average Bonchev–Trinajstić information content (AvgIpc) is 3.06. The Hall–Kier alpha value is -2.20. The molecule has 2 aromatic heterocycles. The first-order chi connectivity index (χ1) is 11.3. The van der Waals surface area contributed by atoms with Crippen LogP contribution in [0.15, 0.2) is 24.3 Å². The highest BCUT2D eigenvalue weighted by molar-refractivity contribution is 7.16. The molecule has 126 valence electrons. The summed E-state index contributed by atoms with van der Waals surface area (Å²) >= 11 is 6.73. The fourth-order valence-corrected chi connectivity index (χ4v) is 2.88. The topological polar surface area (TPSA) is 72.2 Å². The summed E-state index contributed by atoms with van der Waals surface area (Å²) in [5.41, 5.74) is 0.442. The summed E-state index contributed by atoms with van der Waals surface area (Å²) < 4.78 is 38.8. The number of halogens is 4. The molecule has 0 saturated carbocycles. The third-order valence-electron chi connectivity index (χ3n) is 3.02. The lowest BCUT2D eigenvalue weighted by Gasteiger charge is -2.04. The molecule has 1 aromatic carbocycles. The van der Waals surface area contributed by atoms with Gasteiger partial charge in [0.2, 0.25) is 4.96 Å². The van der Waals surface area contributed by atoms with Gasteiger partial charge < -0.3 is 5.32 Å². The number of aromatic nitrogens is 4. The second-order valence-corrected chi connectivity index (χ2v) is 6.20. The minimum Gasteiger partial charge on any atom is -0.352 e. The van der Waals surface area contributed by atoms with Gasteiger partial charge in [-0.15, -0.1) is 10.2 Å². The molecular weight excluding hydrogens is 367 g/mol. The molecule has 11 heteroatoms. The van der Waals surface area contributed by atoms with Crippen LogP contribution in [0.4, 0.5) is 13.2 Å². The van der Waals surface area contributed by atoms with Gasteiger partial charge in [-0.2, -0.15) is 22.8 Å². The highest BCUT2D eigenvalue weighted by Gasteiger charge is 2.38. The van der Waals surface area contributed by atoms with Gasteiger partial charge in [0.05, 0.1) is 0 Å². The van der Waals surface area contributed by atoms with E-state index in [1.165, 1.54) is 0 Å². The van der Waals surface area contributed by atoms with Crippen molar-refractivity contribution in [2.45, 2.75) is 12.6 Å².